The molecule has 188 valence electrons. The first-order chi connectivity index (χ1) is 17.6. The van der Waals surface area contributed by atoms with Crippen molar-refractivity contribution in [3.8, 4) is 0 Å². The number of amides is 1. The van der Waals surface area contributed by atoms with E-state index in [9.17, 15) is 29.6 Å². The predicted molar refractivity (Wildman–Crippen MR) is 128 cm³/mol. The predicted octanol–water partition coefficient (Wildman–Crippen LogP) is 4.54. The van der Waals surface area contributed by atoms with Crippen molar-refractivity contribution in [1.82, 2.24) is 4.98 Å². The number of anilines is 1. The minimum atomic E-state index is -1.24. The number of aryl methyl sites for hydroxylation is 1. The highest BCUT2D eigenvalue weighted by Gasteiger charge is 2.48. The number of carbonyl (C=O) groups excluding carboxylic acids is 3. The van der Waals surface area contributed by atoms with Crippen LogP contribution in [0.2, 0.25) is 0 Å². The molecule has 1 N–H and O–H groups in total. The van der Waals surface area contributed by atoms with Crippen LogP contribution in [0.15, 0.2) is 62.6 Å². The maximum absolute atomic E-state index is 13.4. The molecule has 5 rings (SSSR count). The summed E-state index contributed by atoms with van der Waals surface area (Å²) in [6.07, 6.45) is 0. The van der Waals surface area contributed by atoms with Gasteiger partial charge in [0.25, 0.3) is 11.6 Å². The number of benzene rings is 1. The standard InChI is InChI=1S/C24H17N3O9S/c1-11-3-7-17(35-11)21(29)19-20(16-8-5-14(36-16)10-34-12(2)28)26(23(31)22(19)30)24-25-15-6-4-13(27(32)33)9-18(15)37-24/h3-9,20,30H,10H2,1-2H3. The molecular weight excluding hydrogens is 506 g/mol. The summed E-state index contributed by atoms with van der Waals surface area (Å²) < 4.78 is 16.6. The molecule has 0 fully saturated rings. The summed E-state index contributed by atoms with van der Waals surface area (Å²) >= 11 is 0.971. The van der Waals surface area contributed by atoms with Crippen LogP contribution in [0.5, 0.6) is 0 Å². The van der Waals surface area contributed by atoms with Crippen molar-refractivity contribution >= 4 is 50.0 Å². The Labute approximate surface area is 211 Å². The number of hydrogen-bond donors (Lipinski definition) is 1. The van der Waals surface area contributed by atoms with Gasteiger partial charge in [0.05, 0.1) is 20.7 Å². The highest BCUT2D eigenvalue weighted by atomic mass is 32.1. The van der Waals surface area contributed by atoms with Crippen molar-refractivity contribution < 1.29 is 38.0 Å². The first kappa shape index (κ1) is 23.9. The topological polar surface area (TPSA) is 166 Å². The quantitative estimate of drug-likeness (QED) is 0.157. The molecule has 0 saturated carbocycles. The number of furan rings is 2. The average molecular weight is 523 g/mol. The fourth-order valence-corrected chi connectivity index (χ4v) is 4.93. The lowest BCUT2D eigenvalue weighted by Gasteiger charge is -2.22. The number of non-ortho nitro benzene ring substituents is 1. The van der Waals surface area contributed by atoms with Gasteiger partial charge in [0.2, 0.25) is 5.78 Å². The Morgan fingerprint density at radius 2 is 2.00 bits per heavy atom. The second-order valence-corrected chi connectivity index (χ2v) is 9.08. The summed E-state index contributed by atoms with van der Waals surface area (Å²) in [6.45, 7) is 2.70. The molecular formula is C24H17N3O9S. The zero-order chi connectivity index (χ0) is 26.4. The van der Waals surface area contributed by atoms with E-state index in [0.29, 0.717) is 16.0 Å². The molecule has 4 heterocycles. The third-order valence-corrected chi connectivity index (χ3v) is 6.58. The molecule has 12 nitrogen and oxygen atoms in total. The maximum atomic E-state index is 13.4. The summed E-state index contributed by atoms with van der Waals surface area (Å²) in [6, 6.07) is 8.79. The lowest BCUT2D eigenvalue weighted by molar-refractivity contribution is -0.384. The van der Waals surface area contributed by atoms with Crippen molar-refractivity contribution in [3.63, 3.8) is 0 Å². The zero-order valence-electron chi connectivity index (χ0n) is 19.3. The molecule has 0 radical (unpaired) electrons. The van der Waals surface area contributed by atoms with Gasteiger partial charge in [-0.1, -0.05) is 11.3 Å². The number of carbonyl (C=O) groups is 3. The lowest BCUT2D eigenvalue weighted by Crippen LogP contribution is -2.30. The van der Waals surface area contributed by atoms with Crippen molar-refractivity contribution in [2.75, 3.05) is 4.90 Å². The van der Waals surface area contributed by atoms with E-state index in [0.717, 1.165) is 16.2 Å². The summed E-state index contributed by atoms with van der Waals surface area (Å²) in [5.41, 5.74) is -0.0655. The van der Waals surface area contributed by atoms with E-state index >= 15 is 0 Å². The molecule has 37 heavy (non-hydrogen) atoms. The van der Waals surface area contributed by atoms with Gasteiger partial charge in [-0.05, 0) is 37.3 Å². The molecule has 0 spiro atoms. The van der Waals surface area contributed by atoms with Crippen LogP contribution in [0.25, 0.3) is 10.2 Å². The number of Topliss-reactive ketones (excluding diaryl/α,β-unsaturated/α-hetero) is 1. The van der Waals surface area contributed by atoms with Gasteiger partial charge in [-0.15, -0.1) is 0 Å². The number of rotatable bonds is 7. The van der Waals surface area contributed by atoms with Crippen molar-refractivity contribution in [2.45, 2.75) is 26.5 Å². The van der Waals surface area contributed by atoms with Crippen LogP contribution in [-0.2, 0) is 20.9 Å². The molecule has 1 aromatic carbocycles. The third kappa shape index (κ3) is 4.25. The van der Waals surface area contributed by atoms with Gasteiger partial charge >= 0.3 is 5.97 Å². The second kappa shape index (κ2) is 9.02. The minimum Gasteiger partial charge on any atom is -0.503 e. The first-order valence-electron chi connectivity index (χ1n) is 10.8. The molecule has 1 amide bonds. The van der Waals surface area contributed by atoms with E-state index in [4.69, 9.17) is 13.6 Å². The Morgan fingerprint density at radius 3 is 2.68 bits per heavy atom. The molecule has 4 aromatic rings. The van der Waals surface area contributed by atoms with Crippen molar-refractivity contribution in [1.29, 1.82) is 0 Å². The normalized spacial score (nSPS) is 15.6. The average Bonchev–Trinajstić information content (AvgIpc) is 3.63. The van der Waals surface area contributed by atoms with E-state index < -0.39 is 34.4 Å². The lowest BCUT2D eigenvalue weighted by atomic mass is 10.00. The van der Waals surface area contributed by atoms with Gasteiger partial charge in [0, 0.05) is 19.1 Å². The number of nitro groups is 1. The number of fused-ring (bicyclic) bond motifs is 1. The monoisotopic (exact) mass is 523 g/mol. The van der Waals surface area contributed by atoms with Gasteiger partial charge in [0.1, 0.15) is 29.9 Å². The molecule has 13 heteroatoms. The highest BCUT2D eigenvalue weighted by molar-refractivity contribution is 7.22. The van der Waals surface area contributed by atoms with Gasteiger partial charge in [-0.2, -0.15) is 0 Å². The number of ether oxygens (including phenoxy) is 1. The van der Waals surface area contributed by atoms with Gasteiger partial charge in [-0.25, -0.2) is 4.98 Å². The Kier molecular flexibility index (Phi) is 5.84. The Bertz CT molecular complexity index is 1630. The Balaban J connectivity index is 1.62. The molecule has 3 aromatic heterocycles. The molecule has 1 atom stereocenters. The van der Waals surface area contributed by atoms with Crippen LogP contribution in [-0.4, -0.2) is 32.7 Å². The number of aromatic nitrogens is 1. The number of hydrogen-bond acceptors (Lipinski definition) is 11. The summed E-state index contributed by atoms with van der Waals surface area (Å²) in [5.74, 6) is -2.29. The van der Waals surface area contributed by atoms with E-state index in [1.165, 1.54) is 43.3 Å². The molecule has 1 unspecified atom stereocenters. The van der Waals surface area contributed by atoms with Crippen LogP contribution in [0.1, 0.15) is 40.8 Å². The van der Waals surface area contributed by atoms with Gasteiger partial charge in [0.15, 0.2) is 16.7 Å². The van der Waals surface area contributed by atoms with Crippen molar-refractivity contribution in [2.24, 2.45) is 0 Å². The SMILES string of the molecule is CC(=O)OCc1ccc(C2C(C(=O)c3ccc(C)o3)=C(O)C(=O)N2c2nc3ccc([N+](=O)[O-])cc3s2)o1. The van der Waals surface area contributed by atoms with Crippen LogP contribution >= 0.6 is 11.3 Å². The summed E-state index contributed by atoms with van der Waals surface area (Å²) in [5, 5.41) is 22.1. The molecule has 1 aliphatic heterocycles. The fraction of sp³-hybridized carbons (Fsp3) is 0.167. The van der Waals surface area contributed by atoms with E-state index in [1.54, 1.807) is 13.0 Å². The van der Waals surface area contributed by atoms with Crippen LogP contribution in [0.3, 0.4) is 0 Å². The van der Waals surface area contributed by atoms with Crippen LogP contribution in [0, 0.1) is 17.0 Å². The van der Waals surface area contributed by atoms with E-state index in [1.807, 2.05) is 0 Å². The minimum absolute atomic E-state index is 0.0772. The molecule has 0 saturated heterocycles. The zero-order valence-corrected chi connectivity index (χ0v) is 20.1. The number of aliphatic hydroxyl groups excluding tert-OH is 1. The Hall–Kier alpha value is -4.78. The first-order valence-corrected chi connectivity index (χ1v) is 11.6. The van der Waals surface area contributed by atoms with Gasteiger partial charge in [-0.3, -0.25) is 29.4 Å². The number of aliphatic hydroxyl groups is 1. The van der Waals surface area contributed by atoms with Gasteiger partial charge < -0.3 is 18.7 Å². The van der Waals surface area contributed by atoms with E-state index in [-0.39, 0.29) is 40.3 Å². The third-order valence-electron chi connectivity index (χ3n) is 5.56. The number of thiazole rings is 1. The highest BCUT2D eigenvalue weighted by Crippen LogP contribution is 2.45. The smallest absolute Gasteiger partial charge is 0.303 e. The summed E-state index contributed by atoms with van der Waals surface area (Å²) in [7, 11) is 0. The number of ketones is 1. The number of nitro benzene ring substituents is 1. The molecule has 0 bridgehead atoms. The van der Waals surface area contributed by atoms with Crippen LogP contribution < -0.4 is 4.90 Å². The molecule has 1 aliphatic rings. The fourth-order valence-electron chi connectivity index (χ4n) is 3.90. The molecule has 0 aliphatic carbocycles. The van der Waals surface area contributed by atoms with Crippen molar-refractivity contribution in [3.05, 3.63) is 87.0 Å². The number of nitrogens with zero attached hydrogens (tertiary/aromatic N) is 3. The van der Waals surface area contributed by atoms with Crippen LogP contribution in [0.4, 0.5) is 10.8 Å². The Morgan fingerprint density at radius 1 is 1.22 bits per heavy atom. The maximum Gasteiger partial charge on any atom is 0.303 e. The van der Waals surface area contributed by atoms with E-state index in [2.05, 4.69) is 4.98 Å². The summed E-state index contributed by atoms with van der Waals surface area (Å²) in [4.78, 5) is 54.0. The second-order valence-electron chi connectivity index (χ2n) is 8.07. The number of esters is 1. The largest absolute Gasteiger partial charge is 0.503 e.